The Hall–Kier alpha value is -2.13. The molecule has 0 amide bonds. The number of aryl methyl sites for hydroxylation is 2. The maximum Gasteiger partial charge on any atom is 0.265 e. The summed E-state index contributed by atoms with van der Waals surface area (Å²) in [7, 11) is 0. The summed E-state index contributed by atoms with van der Waals surface area (Å²) in [4.78, 5) is 0. The lowest BCUT2D eigenvalue weighted by atomic mass is 10.1. The number of nitrogens with zero attached hydrogens (tertiary/aromatic N) is 3. The number of aromatic nitrogens is 3. The lowest BCUT2D eigenvalue weighted by molar-refractivity contribution is -0.689. The van der Waals surface area contributed by atoms with Gasteiger partial charge in [-0.05, 0) is 25.0 Å². The molecule has 114 valence electrons. The molecule has 2 aromatic carbocycles. The highest BCUT2D eigenvalue weighted by Gasteiger charge is 2.07. The number of hydrogen-bond donors (Lipinski definition) is 0. The molecule has 0 unspecified atom stereocenters. The molecule has 0 radical (unpaired) electrons. The van der Waals surface area contributed by atoms with Crippen molar-refractivity contribution >= 4 is 0 Å². The minimum absolute atomic E-state index is 0. The van der Waals surface area contributed by atoms with Gasteiger partial charge in [0.05, 0.1) is 6.54 Å². The average Bonchev–Trinajstić information content (AvgIpc) is 2.86. The lowest BCUT2D eigenvalue weighted by Crippen LogP contribution is -3.00. The van der Waals surface area contributed by atoms with Crippen LogP contribution in [0.2, 0.25) is 0 Å². The minimum atomic E-state index is 0. The van der Waals surface area contributed by atoms with Crippen molar-refractivity contribution in [2.45, 2.75) is 26.9 Å². The smallest absolute Gasteiger partial charge is 0.265 e. The maximum absolute atomic E-state index is 4.44. The second kappa shape index (κ2) is 7.23. The Morgan fingerprint density at radius 3 is 2.27 bits per heavy atom. The number of hydrogen-bond acceptors (Lipinski definition) is 1. The van der Waals surface area contributed by atoms with Crippen LogP contribution < -0.4 is 17.0 Å². The van der Waals surface area contributed by atoms with Gasteiger partial charge in [0.1, 0.15) is 6.54 Å². The summed E-state index contributed by atoms with van der Waals surface area (Å²) < 4.78 is 4.09. The third kappa shape index (κ3) is 4.18. The monoisotopic (exact) mass is 313 g/mol. The molecule has 0 spiro atoms. The summed E-state index contributed by atoms with van der Waals surface area (Å²) in [6.07, 6.45) is 3.95. The quantitative estimate of drug-likeness (QED) is 0.616. The molecule has 1 aromatic heterocycles. The number of rotatable bonds is 4. The van der Waals surface area contributed by atoms with Crippen LogP contribution in [0.5, 0.6) is 0 Å². The average molecular weight is 314 g/mol. The fourth-order valence-corrected chi connectivity index (χ4v) is 2.55. The zero-order valence-electron chi connectivity index (χ0n) is 12.9. The molecule has 4 heteroatoms. The third-order valence-corrected chi connectivity index (χ3v) is 3.50. The fourth-order valence-electron chi connectivity index (χ4n) is 2.55. The molecule has 0 aliphatic heterocycles. The van der Waals surface area contributed by atoms with Gasteiger partial charge in [0, 0.05) is 5.10 Å². The molecule has 0 bridgehead atoms. The maximum atomic E-state index is 4.44. The molecule has 3 rings (SSSR count). The van der Waals surface area contributed by atoms with Crippen LogP contribution in [-0.4, -0.2) is 9.78 Å². The molecule has 22 heavy (non-hydrogen) atoms. The van der Waals surface area contributed by atoms with Crippen molar-refractivity contribution in [1.29, 1.82) is 0 Å². The van der Waals surface area contributed by atoms with Crippen molar-refractivity contribution in [2.24, 2.45) is 0 Å². The Morgan fingerprint density at radius 1 is 0.955 bits per heavy atom. The molecule has 1 heterocycles. The van der Waals surface area contributed by atoms with E-state index in [-0.39, 0.29) is 12.4 Å². The van der Waals surface area contributed by atoms with Gasteiger partial charge in [-0.3, -0.25) is 0 Å². The molecule has 3 aromatic rings. The second-order valence-corrected chi connectivity index (χ2v) is 5.59. The van der Waals surface area contributed by atoms with Crippen LogP contribution in [0.15, 0.2) is 61.2 Å². The predicted molar refractivity (Wildman–Crippen MR) is 83.0 cm³/mol. The molecule has 0 aliphatic rings. The molecule has 0 saturated heterocycles. The van der Waals surface area contributed by atoms with Crippen molar-refractivity contribution in [1.82, 2.24) is 9.78 Å². The highest BCUT2D eigenvalue weighted by Crippen LogP contribution is 2.05. The third-order valence-electron chi connectivity index (χ3n) is 3.50. The van der Waals surface area contributed by atoms with Gasteiger partial charge in [0.2, 0.25) is 6.33 Å². The largest absolute Gasteiger partial charge is 1.00 e. The Bertz CT molecular complexity index is 687. The van der Waals surface area contributed by atoms with Crippen LogP contribution in [-0.2, 0) is 13.1 Å². The second-order valence-electron chi connectivity index (χ2n) is 5.59. The highest BCUT2D eigenvalue weighted by molar-refractivity contribution is 5.22. The molecule has 0 aliphatic carbocycles. The summed E-state index contributed by atoms with van der Waals surface area (Å²) in [6, 6.07) is 17.1. The van der Waals surface area contributed by atoms with E-state index >= 15 is 0 Å². The van der Waals surface area contributed by atoms with Crippen LogP contribution in [0, 0.1) is 13.8 Å². The van der Waals surface area contributed by atoms with Crippen molar-refractivity contribution in [2.75, 3.05) is 0 Å². The molecular weight excluding hydrogens is 294 g/mol. The lowest BCUT2D eigenvalue weighted by Gasteiger charge is -2.00. The minimum Gasteiger partial charge on any atom is -1.00 e. The Balaban J connectivity index is 0.00000176. The normalized spacial score (nSPS) is 10.3. The van der Waals surface area contributed by atoms with Gasteiger partial charge >= 0.3 is 0 Å². The highest BCUT2D eigenvalue weighted by atomic mass is 35.5. The zero-order valence-corrected chi connectivity index (χ0v) is 13.7. The molecule has 0 atom stereocenters. The van der Waals surface area contributed by atoms with Crippen molar-refractivity contribution < 1.29 is 17.0 Å². The molecular formula is C18H20ClN3. The molecule has 0 fully saturated rings. The summed E-state index contributed by atoms with van der Waals surface area (Å²) in [5.74, 6) is 0. The van der Waals surface area contributed by atoms with Crippen molar-refractivity contribution in [3.8, 4) is 0 Å². The zero-order chi connectivity index (χ0) is 14.7. The van der Waals surface area contributed by atoms with E-state index in [1.165, 1.54) is 22.3 Å². The molecule has 0 saturated carbocycles. The van der Waals surface area contributed by atoms with Gasteiger partial charge in [-0.15, -0.1) is 4.68 Å². The number of halogens is 1. The Morgan fingerprint density at radius 2 is 1.59 bits per heavy atom. The standard InChI is InChI=1S/C18H20N3.ClH/c1-15-5-3-7-17(9-15)11-20-13-19-21(14-20)12-18-8-4-6-16(2)10-18;/h3-10,13-14H,11-12H2,1-2H3;1H/q+1;/p-1. The first-order valence-electron chi connectivity index (χ1n) is 7.22. The van der Waals surface area contributed by atoms with E-state index in [2.05, 4.69) is 78.4 Å². The van der Waals surface area contributed by atoms with Crippen LogP contribution in [0.4, 0.5) is 0 Å². The topological polar surface area (TPSA) is 21.7 Å². The predicted octanol–water partition coefficient (Wildman–Crippen LogP) is -0.112. The van der Waals surface area contributed by atoms with E-state index in [4.69, 9.17) is 0 Å². The van der Waals surface area contributed by atoms with E-state index in [0.29, 0.717) is 0 Å². The van der Waals surface area contributed by atoms with E-state index in [9.17, 15) is 0 Å². The van der Waals surface area contributed by atoms with Crippen LogP contribution in [0.25, 0.3) is 0 Å². The van der Waals surface area contributed by atoms with E-state index in [0.717, 1.165) is 13.1 Å². The SMILES string of the molecule is Cc1cccc(Cn2c[n+](Cc3cccc(C)c3)cn2)c1.[Cl-]. The van der Waals surface area contributed by atoms with Crippen molar-refractivity contribution in [3.63, 3.8) is 0 Å². The van der Waals surface area contributed by atoms with E-state index in [1.807, 2.05) is 11.0 Å². The van der Waals surface area contributed by atoms with Crippen molar-refractivity contribution in [3.05, 3.63) is 83.4 Å². The Labute approximate surface area is 137 Å². The summed E-state index contributed by atoms with van der Waals surface area (Å²) in [5.41, 5.74) is 5.16. The Kier molecular flexibility index (Phi) is 5.34. The van der Waals surface area contributed by atoms with Gasteiger partial charge in [-0.2, -0.15) is 0 Å². The van der Waals surface area contributed by atoms with E-state index < -0.39 is 0 Å². The van der Waals surface area contributed by atoms with Gasteiger partial charge < -0.3 is 12.4 Å². The first-order valence-corrected chi connectivity index (χ1v) is 7.22. The molecule has 0 N–H and O–H groups in total. The summed E-state index contributed by atoms with van der Waals surface area (Å²) in [5, 5.41) is 4.44. The summed E-state index contributed by atoms with van der Waals surface area (Å²) in [6.45, 7) is 5.90. The van der Waals surface area contributed by atoms with Crippen LogP contribution in [0.3, 0.4) is 0 Å². The first kappa shape index (κ1) is 16.2. The van der Waals surface area contributed by atoms with E-state index in [1.54, 1.807) is 0 Å². The summed E-state index contributed by atoms with van der Waals surface area (Å²) >= 11 is 0. The number of benzene rings is 2. The molecule has 3 nitrogen and oxygen atoms in total. The first-order chi connectivity index (χ1) is 10.2. The van der Waals surface area contributed by atoms with Gasteiger partial charge in [0.15, 0.2) is 0 Å². The van der Waals surface area contributed by atoms with Gasteiger partial charge in [-0.25, -0.2) is 4.57 Å². The van der Waals surface area contributed by atoms with Crippen LogP contribution in [0.1, 0.15) is 22.3 Å². The van der Waals surface area contributed by atoms with Gasteiger partial charge in [-0.1, -0.05) is 59.7 Å². The van der Waals surface area contributed by atoms with Crippen LogP contribution >= 0.6 is 0 Å². The van der Waals surface area contributed by atoms with Gasteiger partial charge in [0.25, 0.3) is 6.33 Å². The fraction of sp³-hybridized carbons (Fsp3) is 0.222.